The molecule has 0 aliphatic carbocycles. The first-order valence-electron chi connectivity index (χ1n) is 7.66. The Morgan fingerprint density at radius 1 is 1.12 bits per heavy atom. The van der Waals surface area contributed by atoms with Crippen LogP contribution in [0.25, 0.3) is 0 Å². The van der Waals surface area contributed by atoms with Crippen molar-refractivity contribution in [1.82, 2.24) is 10.2 Å². The highest BCUT2D eigenvalue weighted by Crippen LogP contribution is 2.32. The lowest BCUT2D eigenvalue weighted by atomic mass is 10.1. The van der Waals surface area contributed by atoms with Gasteiger partial charge in [0.25, 0.3) is 0 Å². The van der Waals surface area contributed by atoms with Gasteiger partial charge in [0.05, 0.1) is 5.56 Å². The van der Waals surface area contributed by atoms with E-state index in [4.69, 9.17) is 0 Å². The summed E-state index contributed by atoms with van der Waals surface area (Å²) in [6.45, 7) is 0.0923. The molecular weight excluding hydrogens is 336 g/mol. The van der Waals surface area contributed by atoms with Gasteiger partial charge in [0, 0.05) is 20.1 Å². The van der Waals surface area contributed by atoms with E-state index in [0.29, 0.717) is 6.42 Å². The maximum Gasteiger partial charge on any atom is 0.416 e. The van der Waals surface area contributed by atoms with Gasteiger partial charge in [-0.2, -0.15) is 13.2 Å². The predicted molar refractivity (Wildman–Crippen MR) is 86.4 cm³/mol. The summed E-state index contributed by atoms with van der Waals surface area (Å²) >= 11 is 0. The van der Waals surface area contributed by atoms with Crippen LogP contribution >= 0.6 is 0 Å². The Labute approximate surface area is 143 Å². The summed E-state index contributed by atoms with van der Waals surface area (Å²) in [4.78, 5) is 13.2. The van der Waals surface area contributed by atoms with E-state index in [-0.39, 0.29) is 24.5 Å². The predicted octanol–water partition coefficient (Wildman–Crippen LogP) is 4.23. The fourth-order valence-corrected chi connectivity index (χ4v) is 2.40. The Balaban J connectivity index is 1.91. The van der Waals surface area contributed by atoms with E-state index in [1.165, 1.54) is 42.3 Å². The number of alkyl halides is 3. The molecule has 3 nitrogen and oxygen atoms in total. The molecule has 0 bridgehead atoms. The lowest BCUT2D eigenvalue weighted by Crippen LogP contribution is -2.38. The van der Waals surface area contributed by atoms with Crippen molar-refractivity contribution < 1.29 is 22.4 Å². The van der Waals surface area contributed by atoms with Crippen LogP contribution in [0.4, 0.5) is 22.4 Å². The lowest BCUT2D eigenvalue weighted by Gasteiger charge is -2.20. The third kappa shape index (κ3) is 5.48. The average Bonchev–Trinajstić information content (AvgIpc) is 2.54. The Morgan fingerprint density at radius 2 is 1.84 bits per heavy atom. The number of amides is 2. The molecule has 7 heteroatoms. The second kappa shape index (κ2) is 8.00. The van der Waals surface area contributed by atoms with Crippen molar-refractivity contribution in [2.24, 2.45) is 0 Å². The van der Waals surface area contributed by atoms with Gasteiger partial charge >= 0.3 is 12.2 Å². The Morgan fingerprint density at radius 3 is 2.52 bits per heavy atom. The van der Waals surface area contributed by atoms with Crippen molar-refractivity contribution in [3.05, 3.63) is 71.0 Å². The molecule has 2 aromatic carbocycles. The van der Waals surface area contributed by atoms with Crippen molar-refractivity contribution in [2.45, 2.75) is 19.1 Å². The molecule has 0 aliphatic rings. The number of hydrogen-bond donors (Lipinski definition) is 1. The first-order valence-corrected chi connectivity index (χ1v) is 7.66. The van der Waals surface area contributed by atoms with Crippen LogP contribution in [0, 0.1) is 5.82 Å². The number of carbonyl (C=O) groups is 1. The fraction of sp³-hybridized carbons (Fsp3) is 0.278. The largest absolute Gasteiger partial charge is 0.416 e. The maximum atomic E-state index is 13.1. The van der Waals surface area contributed by atoms with Crippen molar-refractivity contribution in [1.29, 1.82) is 0 Å². The third-order valence-corrected chi connectivity index (χ3v) is 3.66. The van der Waals surface area contributed by atoms with E-state index in [9.17, 15) is 22.4 Å². The van der Waals surface area contributed by atoms with Crippen LogP contribution in [0.3, 0.4) is 0 Å². The molecule has 0 aromatic heterocycles. The highest BCUT2D eigenvalue weighted by Gasteiger charge is 2.33. The fourth-order valence-electron chi connectivity index (χ4n) is 2.40. The summed E-state index contributed by atoms with van der Waals surface area (Å²) in [6.07, 6.45) is -4.04. The van der Waals surface area contributed by atoms with Gasteiger partial charge in [0.1, 0.15) is 5.82 Å². The molecule has 2 amide bonds. The standard InChI is InChI=1S/C18H18F4N2O/c1-24(12-14-6-2-3-8-16(14)18(20,21)22)17(25)23-10-9-13-5-4-7-15(19)11-13/h2-8,11H,9-10,12H2,1H3,(H,23,25). The number of rotatable bonds is 5. The monoisotopic (exact) mass is 354 g/mol. The van der Waals surface area contributed by atoms with Gasteiger partial charge < -0.3 is 10.2 Å². The molecule has 0 saturated carbocycles. The van der Waals surface area contributed by atoms with Crippen LogP contribution < -0.4 is 5.32 Å². The smallest absolute Gasteiger partial charge is 0.338 e. The zero-order valence-corrected chi connectivity index (χ0v) is 13.6. The highest BCUT2D eigenvalue weighted by molar-refractivity contribution is 5.73. The van der Waals surface area contributed by atoms with Crippen LogP contribution in [0.1, 0.15) is 16.7 Å². The van der Waals surface area contributed by atoms with Gasteiger partial charge in [-0.15, -0.1) is 0 Å². The zero-order chi connectivity index (χ0) is 18.4. The first-order chi connectivity index (χ1) is 11.8. The van der Waals surface area contributed by atoms with E-state index >= 15 is 0 Å². The molecule has 1 N–H and O–H groups in total. The van der Waals surface area contributed by atoms with Gasteiger partial charge in [-0.3, -0.25) is 0 Å². The molecule has 0 radical (unpaired) electrons. The number of urea groups is 1. The number of nitrogens with one attached hydrogen (secondary N) is 1. The quantitative estimate of drug-likeness (QED) is 0.801. The normalized spacial score (nSPS) is 11.2. The molecule has 0 atom stereocenters. The van der Waals surface area contributed by atoms with Crippen molar-refractivity contribution in [3.8, 4) is 0 Å². The summed E-state index contributed by atoms with van der Waals surface area (Å²) in [5, 5.41) is 2.61. The molecule has 0 aliphatic heterocycles. The average molecular weight is 354 g/mol. The molecule has 134 valence electrons. The molecule has 0 unspecified atom stereocenters. The minimum Gasteiger partial charge on any atom is -0.338 e. The second-order valence-electron chi connectivity index (χ2n) is 5.62. The number of benzene rings is 2. The summed E-state index contributed by atoms with van der Waals surface area (Å²) in [5.41, 5.74) is -0.00226. The maximum absolute atomic E-state index is 13.1. The summed E-state index contributed by atoms with van der Waals surface area (Å²) in [5.74, 6) is -0.357. The lowest BCUT2D eigenvalue weighted by molar-refractivity contribution is -0.138. The van der Waals surface area contributed by atoms with Gasteiger partial charge in [0.2, 0.25) is 0 Å². The molecule has 0 heterocycles. The molecule has 2 rings (SSSR count). The SMILES string of the molecule is CN(Cc1ccccc1C(F)(F)F)C(=O)NCCc1cccc(F)c1. The highest BCUT2D eigenvalue weighted by atomic mass is 19.4. The molecular formula is C18H18F4N2O. The summed E-state index contributed by atoms with van der Waals surface area (Å²) in [7, 11) is 1.42. The Hall–Kier alpha value is -2.57. The first kappa shape index (κ1) is 18.8. The van der Waals surface area contributed by atoms with Crippen LogP contribution in [0.2, 0.25) is 0 Å². The summed E-state index contributed by atoms with van der Waals surface area (Å²) < 4.78 is 52.0. The van der Waals surface area contributed by atoms with Gasteiger partial charge in [-0.25, -0.2) is 9.18 Å². The summed E-state index contributed by atoms with van der Waals surface area (Å²) in [6, 6.07) is 10.7. The topological polar surface area (TPSA) is 32.3 Å². The van der Waals surface area contributed by atoms with E-state index in [0.717, 1.165) is 11.6 Å². The third-order valence-electron chi connectivity index (χ3n) is 3.66. The van der Waals surface area contributed by atoms with Gasteiger partial charge in [-0.05, 0) is 35.7 Å². The van der Waals surface area contributed by atoms with Crippen LogP contribution in [0.5, 0.6) is 0 Å². The molecule has 2 aromatic rings. The number of carbonyl (C=O) groups excluding carboxylic acids is 1. The van der Waals surface area contributed by atoms with E-state index in [2.05, 4.69) is 5.32 Å². The van der Waals surface area contributed by atoms with E-state index in [1.807, 2.05) is 0 Å². The minimum atomic E-state index is -4.47. The molecule has 25 heavy (non-hydrogen) atoms. The van der Waals surface area contributed by atoms with E-state index < -0.39 is 17.8 Å². The van der Waals surface area contributed by atoms with E-state index in [1.54, 1.807) is 12.1 Å². The number of hydrogen-bond acceptors (Lipinski definition) is 1. The molecule has 0 spiro atoms. The number of nitrogens with zero attached hydrogens (tertiary/aromatic N) is 1. The zero-order valence-electron chi connectivity index (χ0n) is 13.6. The van der Waals surface area contributed by atoms with Gasteiger partial charge in [0.15, 0.2) is 0 Å². The number of halogens is 4. The van der Waals surface area contributed by atoms with Crippen LogP contribution in [-0.4, -0.2) is 24.5 Å². The Kier molecular flexibility index (Phi) is 6.01. The molecule has 0 fully saturated rings. The van der Waals surface area contributed by atoms with Crippen LogP contribution in [0.15, 0.2) is 48.5 Å². The minimum absolute atomic E-state index is 0.0257. The van der Waals surface area contributed by atoms with Gasteiger partial charge in [-0.1, -0.05) is 30.3 Å². The van der Waals surface area contributed by atoms with Crippen LogP contribution in [-0.2, 0) is 19.1 Å². The van der Waals surface area contributed by atoms with Crippen molar-refractivity contribution in [3.63, 3.8) is 0 Å². The van der Waals surface area contributed by atoms with Crippen molar-refractivity contribution in [2.75, 3.05) is 13.6 Å². The molecule has 0 saturated heterocycles. The Bertz CT molecular complexity index is 731. The van der Waals surface area contributed by atoms with Crippen molar-refractivity contribution >= 4 is 6.03 Å². The second-order valence-corrected chi connectivity index (χ2v) is 5.62.